The van der Waals surface area contributed by atoms with Crippen molar-refractivity contribution in [2.24, 2.45) is 0 Å². The highest BCUT2D eigenvalue weighted by molar-refractivity contribution is 7.92. The van der Waals surface area contributed by atoms with E-state index in [1.54, 1.807) is 30.1 Å². The van der Waals surface area contributed by atoms with Gasteiger partial charge >= 0.3 is 0 Å². The van der Waals surface area contributed by atoms with Crippen LogP contribution in [-0.4, -0.2) is 25.3 Å². The van der Waals surface area contributed by atoms with Crippen molar-refractivity contribution in [3.05, 3.63) is 72.1 Å². The zero-order chi connectivity index (χ0) is 20.1. The minimum absolute atomic E-state index is 0.236. The van der Waals surface area contributed by atoms with E-state index in [0.29, 0.717) is 18.2 Å². The maximum atomic E-state index is 12.6. The third-order valence-corrected chi connectivity index (χ3v) is 6.13. The molecule has 0 saturated carbocycles. The number of anilines is 1. The number of sulfonamides is 1. The minimum Gasteiger partial charge on any atom is -0.497 e. The van der Waals surface area contributed by atoms with Gasteiger partial charge in [-0.3, -0.25) is 9.40 Å². The van der Waals surface area contributed by atoms with Gasteiger partial charge in [-0.25, -0.2) is 8.42 Å². The number of aromatic nitrogens is 2. The molecule has 0 aliphatic carbocycles. The Labute approximate surface area is 166 Å². The highest BCUT2D eigenvalue weighted by Gasteiger charge is 2.16. The smallest absolute Gasteiger partial charge is 0.261 e. The number of nitrogens with zero attached hydrogens (tertiary/aromatic N) is 2. The van der Waals surface area contributed by atoms with Gasteiger partial charge in [0.15, 0.2) is 0 Å². The van der Waals surface area contributed by atoms with Crippen LogP contribution in [0.2, 0.25) is 0 Å². The Hall–Kier alpha value is -2.80. The first-order valence-corrected chi connectivity index (χ1v) is 10.7. The Kier molecular flexibility index (Phi) is 6.04. The van der Waals surface area contributed by atoms with Crippen molar-refractivity contribution in [1.82, 2.24) is 9.78 Å². The van der Waals surface area contributed by atoms with Crippen molar-refractivity contribution < 1.29 is 13.2 Å². The molecule has 0 bridgehead atoms. The van der Waals surface area contributed by atoms with E-state index < -0.39 is 10.0 Å². The van der Waals surface area contributed by atoms with Crippen LogP contribution in [0.1, 0.15) is 37.3 Å². The number of hydrogen-bond acceptors (Lipinski definition) is 4. The van der Waals surface area contributed by atoms with Crippen LogP contribution in [0.25, 0.3) is 0 Å². The molecule has 0 spiro atoms. The summed E-state index contributed by atoms with van der Waals surface area (Å²) in [6, 6.07) is 14.7. The number of ether oxygens (including phenoxy) is 1. The molecule has 7 heteroatoms. The monoisotopic (exact) mass is 399 g/mol. The van der Waals surface area contributed by atoms with E-state index in [1.807, 2.05) is 36.4 Å². The molecule has 3 rings (SSSR count). The molecule has 0 aliphatic rings. The second kappa shape index (κ2) is 8.48. The van der Waals surface area contributed by atoms with Crippen LogP contribution in [0, 0.1) is 0 Å². The summed E-state index contributed by atoms with van der Waals surface area (Å²) in [5, 5.41) is 4.24. The topological polar surface area (TPSA) is 73.2 Å². The van der Waals surface area contributed by atoms with E-state index in [9.17, 15) is 8.42 Å². The van der Waals surface area contributed by atoms with E-state index in [-0.39, 0.29) is 4.90 Å². The summed E-state index contributed by atoms with van der Waals surface area (Å²) < 4.78 is 34.8. The number of rotatable bonds is 8. The van der Waals surface area contributed by atoms with Gasteiger partial charge < -0.3 is 4.74 Å². The zero-order valence-corrected chi connectivity index (χ0v) is 17.1. The van der Waals surface area contributed by atoms with Gasteiger partial charge in [0.1, 0.15) is 5.75 Å². The summed E-state index contributed by atoms with van der Waals surface area (Å²) in [4.78, 5) is 0.236. The Morgan fingerprint density at radius 1 is 1.18 bits per heavy atom. The van der Waals surface area contributed by atoms with Gasteiger partial charge in [-0.1, -0.05) is 38.1 Å². The first-order valence-electron chi connectivity index (χ1n) is 9.19. The van der Waals surface area contributed by atoms with Crippen LogP contribution in [-0.2, 0) is 16.6 Å². The normalized spacial score (nSPS) is 12.5. The summed E-state index contributed by atoms with van der Waals surface area (Å²) in [5.74, 6) is 1.17. The average molecular weight is 400 g/mol. The van der Waals surface area contributed by atoms with E-state index in [4.69, 9.17) is 4.74 Å². The molecule has 0 radical (unpaired) electrons. The lowest BCUT2D eigenvalue weighted by molar-refractivity contribution is 0.414. The van der Waals surface area contributed by atoms with Gasteiger partial charge in [0, 0.05) is 6.20 Å². The molecule has 1 unspecified atom stereocenters. The van der Waals surface area contributed by atoms with Crippen molar-refractivity contribution >= 4 is 15.7 Å². The van der Waals surface area contributed by atoms with E-state index in [1.165, 1.54) is 6.20 Å². The van der Waals surface area contributed by atoms with Crippen LogP contribution in [0.5, 0.6) is 5.75 Å². The maximum Gasteiger partial charge on any atom is 0.261 e. The van der Waals surface area contributed by atoms with Crippen LogP contribution in [0.3, 0.4) is 0 Å². The third-order valence-electron chi connectivity index (χ3n) is 4.74. The fourth-order valence-electron chi connectivity index (χ4n) is 2.89. The second-order valence-electron chi connectivity index (χ2n) is 6.76. The van der Waals surface area contributed by atoms with Crippen LogP contribution in [0.15, 0.2) is 65.8 Å². The Morgan fingerprint density at radius 2 is 1.93 bits per heavy atom. The zero-order valence-electron chi connectivity index (χ0n) is 16.3. The summed E-state index contributed by atoms with van der Waals surface area (Å²) in [6.45, 7) is 4.75. The Balaban J connectivity index is 1.71. The molecule has 0 aliphatic heterocycles. The molecule has 3 aromatic rings. The number of benzene rings is 2. The highest BCUT2D eigenvalue weighted by Crippen LogP contribution is 2.22. The fraction of sp³-hybridized carbons (Fsp3) is 0.286. The molecule has 2 aromatic carbocycles. The second-order valence-corrected chi connectivity index (χ2v) is 8.44. The molecular weight excluding hydrogens is 374 g/mol. The van der Waals surface area contributed by atoms with Gasteiger partial charge in [-0.05, 0) is 47.7 Å². The minimum atomic E-state index is -3.66. The molecule has 1 N–H and O–H groups in total. The SMILES string of the molecule is CCC(C)c1ccc(S(=O)(=O)Nc2cnn(Cc3cccc(OC)c3)c2)cc1. The summed E-state index contributed by atoms with van der Waals surface area (Å²) in [6.07, 6.45) is 4.19. The lowest BCUT2D eigenvalue weighted by atomic mass is 9.99. The molecule has 1 aromatic heterocycles. The van der Waals surface area contributed by atoms with Crippen LogP contribution < -0.4 is 9.46 Å². The Morgan fingerprint density at radius 3 is 2.61 bits per heavy atom. The van der Waals surface area contributed by atoms with Crippen LogP contribution >= 0.6 is 0 Å². The lowest BCUT2D eigenvalue weighted by Gasteiger charge is -2.10. The van der Waals surface area contributed by atoms with Gasteiger partial charge in [-0.2, -0.15) is 5.10 Å². The average Bonchev–Trinajstić information content (AvgIpc) is 3.13. The van der Waals surface area contributed by atoms with Crippen molar-refractivity contribution in [3.63, 3.8) is 0 Å². The van der Waals surface area contributed by atoms with E-state index in [0.717, 1.165) is 23.3 Å². The molecule has 1 heterocycles. The molecule has 148 valence electrons. The van der Waals surface area contributed by atoms with Crippen molar-refractivity contribution in [3.8, 4) is 5.75 Å². The molecule has 28 heavy (non-hydrogen) atoms. The van der Waals surface area contributed by atoms with E-state index >= 15 is 0 Å². The predicted molar refractivity (Wildman–Crippen MR) is 110 cm³/mol. The summed E-state index contributed by atoms with van der Waals surface area (Å²) >= 11 is 0. The highest BCUT2D eigenvalue weighted by atomic mass is 32.2. The third kappa shape index (κ3) is 4.72. The Bertz CT molecular complexity index is 1030. The van der Waals surface area contributed by atoms with Gasteiger partial charge in [-0.15, -0.1) is 0 Å². The molecule has 0 amide bonds. The molecule has 1 atom stereocenters. The number of nitrogens with one attached hydrogen (secondary N) is 1. The first kappa shape index (κ1) is 19.9. The molecular formula is C21H25N3O3S. The summed E-state index contributed by atoms with van der Waals surface area (Å²) in [5.41, 5.74) is 2.57. The number of methoxy groups -OCH3 is 1. The van der Waals surface area contributed by atoms with Crippen molar-refractivity contribution in [2.75, 3.05) is 11.8 Å². The standard InChI is InChI=1S/C21H25N3O3S/c1-4-16(2)18-8-10-21(11-9-18)28(25,26)23-19-13-22-24(15-19)14-17-6-5-7-20(12-17)27-3/h5-13,15-16,23H,4,14H2,1-3H3. The molecule has 0 fully saturated rings. The van der Waals surface area contributed by atoms with Gasteiger partial charge in [0.25, 0.3) is 10.0 Å². The first-order chi connectivity index (χ1) is 13.4. The van der Waals surface area contributed by atoms with Gasteiger partial charge in [0.05, 0.1) is 30.4 Å². The lowest BCUT2D eigenvalue weighted by Crippen LogP contribution is -2.12. The van der Waals surface area contributed by atoms with Crippen LogP contribution in [0.4, 0.5) is 5.69 Å². The quantitative estimate of drug-likeness (QED) is 0.614. The van der Waals surface area contributed by atoms with E-state index in [2.05, 4.69) is 23.7 Å². The summed E-state index contributed by atoms with van der Waals surface area (Å²) in [7, 11) is -2.04. The molecule has 6 nitrogen and oxygen atoms in total. The predicted octanol–water partition coefficient (Wildman–Crippen LogP) is 4.25. The van der Waals surface area contributed by atoms with Gasteiger partial charge in [0.2, 0.25) is 0 Å². The van der Waals surface area contributed by atoms with Crippen molar-refractivity contribution in [1.29, 1.82) is 0 Å². The maximum absolute atomic E-state index is 12.6. The largest absolute Gasteiger partial charge is 0.497 e. The number of hydrogen-bond donors (Lipinski definition) is 1. The molecule has 0 saturated heterocycles. The van der Waals surface area contributed by atoms with Crippen molar-refractivity contribution in [2.45, 2.75) is 37.6 Å². The fourth-order valence-corrected chi connectivity index (χ4v) is 3.91.